The van der Waals surface area contributed by atoms with E-state index in [1.54, 1.807) is 12.1 Å². The fraction of sp³-hybridized carbons (Fsp3) is 0.562. The summed E-state index contributed by atoms with van der Waals surface area (Å²) in [5, 5.41) is 0. The number of hydrogen-bond donors (Lipinski definition) is 1. The van der Waals surface area contributed by atoms with Crippen molar-refractivity contribution in [3.63, 3.8) is 0 Å². The van der Waals surface area contributed by atoms with Crippen molar-refractivity contribution in [1.82, 2.24) is 9.80 Å². The molecule has 2 fully saturated rings. The Morgan fingerprint density at radius 1 is 1.25 bits per heavy atom. The lowest BCUT2D eigenvalue weighted by molar-refractivity contribution is 0.0482. The highest BCUT2D eigenvalue weighted by atomic mass is 16.2. The zero-order chi connectivity index (χ0) is 14.1. The summed E-state index contributed by atoms with van der Waals surface area (Å²) in [6.45, 7) is 6.19. The van der Waals surface area contributed by atoms with Gasteiger partial charge in [0.25, 0.3) is 5.91 Å². The number of benzene rings is 1. The predicted molar refractivity (Wildman–Crippen MR) is 80.5 cm³/mol. The van der Waals surface area contributed by atoms with E-state index in [0.29, 0.717) is 5.69 Å². The van der Waals surface area contributed by atoms with E-state index in [0.717, 1.165) is 31.1 Å². The van der Waals surface area contributed by atoms with E-state index < -0.39 is 0 Å². The number of nitrogen functional groups attached to an aromatic ring is 1. The van der Waals surface area contributed by atoms with Crippen molar-refractivity contribution in [2.75, 3.05) is 31.9 Å². The molecule has 1 amide bonds. The van der Waals surface area contributed by atoms with Crippen LogP contribution in [0.4, 0.5) is 5.69 Å². The molecule has 0 unspecified atom stereocenters. The number of carbonyl (C=O) groups is 1. The minimum Gasteiger partial charge on any atom is -0.399 e. The maximum absolute atomic E-state index is 12.5. The monoisotopic (exact) mass is 273 g/mol. The molecule has 1 aliphatic carbocycles. The van der Waals surface area contributed by atoms with Gasteiger partial charge >= 0.3 is 0 Å². The van der Waals surface area contributed by atoms with E-state index in [4.69, 9.17) is 5.73 Å². The summed E-state index contributed by atoms with van der Waals surface area (Å²) >= 11 is 0. The Kier molecular flexibility index (Phi) is 3.66. The molecular weight excluding hydrogens is 250 g/mol. The van der Waals surface area contributed by atoms with Gasteiger partial charge in [0.05, 0.1) is 0 Å². The van der Waals surface area contributed by atoms with Crippen LogP contribution in [0.1, 0.15) is 30.1 Å². The first-order valence-corrected chi connectivity index (χ1v) is 7.52. The van der Waals surface area contributed by atoms with Crippen LogP contribution in [0, 0.1) is 5.92 Å². The van der Waals surface area contributed by atoms with Gasteiger partial charge in [-0.15, -0.1) is 0 Å². The number of nitrogens with zero attached hydrogens (tertiary/aromatic N) is 2. The minimum absolute atomic E-state index is 0.128. The molecule has 0 radical (unpaired) electrons. The van der Waals surface area contributed by atoms with Crippen LogP contribution in [0.15, 0.2) is 24.3 Å². The van der Waals surface area contributed by atoms with Crippen LogP contribution in [0.3, 0.4) is 0 Å². The van der Waals surface area contributed by atoms with Gasteiger partial charge in [0, 0.05) is 43.5 Å². The highest BCUT2D eigenvalue weighted by Crippen LogP contribution is 2.30. The maximum atomic E-state index is 12.5. The zero-order valence-corrected chi connectivity index (χ0v) is 12.1. The molecule has 2 aliphatic rings. The van der Waals surface area contributed by atoms with Gasteiger partial charge in [0.15, 0.2) is 0 Å². The van der Waals surface area contributed by atoms with E-state index in [1.165, 1.54) is 19.4 Å². The second-order valence-electron chi connectivity index (χ2n) is 6.17. The van der Waals surface area contributed by atoms with Gasteiger partial charge in [0.2, 0.25) is 0 Å². The Balaban J connectivity index is 1.62. The fourth-order valence-corrected chi connectivity index (χ4v) is 2.96. The molecule has 3 rings (SSSR count). The van der Waals surface area contributed by atoms with Crippen LogP contribution in [-0.4, -0.2) is 47.9 Å². The third-order valence-corrected chi connectivity index (χ3v) is 4.34. The average Bonchev–Trinajstić information content (AvgIpc) is 3.23. The molecule has 2 N–H and O–H groups in total. The van der Waals surface area contributed by atoms with Crippen LogP contribution in [0.25, 0.3) is 0 Å². The van der Waals surface area contributed by atoms with Crippen LogP contribution in [0.5, 0.6) is 0 Å². The van der Waals surface area contributed by atoms with E-state index in [9.17, 15) is 4.79 Å². The van der Waals surface area contributed by atoms with Crippen molar-refractivity contribution in [3.8, 4) is 0 Å². The highest BCUT2D eigenvalue weighted by Gasteiger charge is 2.31. The zero-order valence-electron chi connectivity index (χ0n) is 12.1. The van der Waals surface area contributed by atoms with Crippen LogP contribution < -0.4 is 5.73 Å². The number of carbonyl (C=O) groups excluding carboxylic acids is 1. The minimum atomic E-state index is 0.128. The van der Waals surface area contributed by atoms with Gasteiger partial charge in [-0.25, -0.2) is 0 Å². The van der Waals surface area contributed by atoms with Gasteiger partial charge in [-0.1, -0.05) is 0 Å². The van der Waals surface area contributed by atoms with Gasteiger partial charge in [0.1, 0.15) is 0 Å². The molecule has 1 aliphatic heterocycles. The molecule has 1 saturated carbocycles. The Hall–Kier alpha value is -1.55. The molecular formula is C16H23N3O. The van der Waals surface area contributed by atoms with Crippen LogP contribution in [-0.2, 0) is 0 Å². The third-order valence-electron chi connectivity index (χ3n) is 4.34. The number of anilines is 1. The molecule has 20 heavy (non-hydrogen) atoms. The quantitative estimate of drug-likeness (QED) is 0.855. The molecule has 1 atom stereocenters. The molecule has 1 aromatic rings. The van der Waals surface area contributed by atoms with E-state index in [1.807, 2.05) is 17.0 Å². The molecule has 0 aromatic heterocycles. The summed E-state index contributed by atoms with van der Waals surface area (Å²) in [5.41, 5.74) is 7.11. The second kappa shape index (κ2) is 5.44. The first-order valence-electron chi connectivity index (χ1n) is 7.52. The molecule has 4 heteroatoms. The van der Waals surface area contributed by atoms with E-state index in [2.05, 4.69) is 11.8 Å². The Morgan fingerprint density at radius 2 is 1.95 bits per heavy atom. The van der Waals surface area contributed by atoms with E-state index >= 15 is 0 Å². The Labute approximate surface area is 120 Å². The molecule has 1 saturated heterocycles. The number of amides is 1. The normalized spacial score (nSPS) is 23.9. The fourth-order valence-electron chi connectivity index (χ4n) is 2.96. The summed E-state index contributed by atoms with van der Waals surface area (Å²) < 4.78 is 0. The van der Waals surface area contributed by atoms with Crippen molar-refractivity contribution >= 4 is 11.6 Å². The topological polar surface area (TPSA) is 49.6 Å². The first-order chi connectivity index (χ1) is 9.63. The van der Waals surface area contributed by atoms with Gasteiger partial charge < -0.3 is 10.6 Å². The summed E-state index contributed by atoms with van der Waals surface area (Å²) in [6, 6.07) is 7.51. The SMILES string of the molecule is C[C@@H]1CN(CC2CC2)CCN1C(=O)c1ccc(N)cc1. The predicted octanol–water partition coefficient (Wildman–Crippen LogP) is 1.83. The standard InChI is InChI=1S/C16H23N3O/c1-12-10-18(11-13-2-3-13)8-9-19(12)16(20)14-4-6-15(17)7-5-14/h4-7,12-13H,2-3,8-11,17H2,1H3/t12-/m1/s1. The molecule has 1 heterocycles. The average molecular weight is 273 g/mol. The molecule has 108 valence electrons. The Bertz CT molecular complexity index is 481. The van der Waals surface area contributed by atoms with Crippen molar-refractivity contribution in [3.05, 3.63) is 29.8 Å². The number of hydrogen-bond acceptors (Lipinski definition) is 3. The first kappa shape index (κ1) is 13.4. The Morgan fingerprint density at radius 3 is 2.55 bits per heavy atom. The van der Waals surface area contributed by atoms with Crippen LogP contribution >= 0.6 is 0 Å². The highest BCUT2D eigenvalue weighted by molar-refractivity contribution is 5.94. The second-order valence-corrected chi connectivity index (χ2v) is 6.17. The van der Waals surface area contributed by atoms with Crippen molar-refractivity contribution < 1.29 is 4.79 Å². The lowest BCUT2D eigenvalue weighted by Crippen LogP contribution is -2.54. The molecule has 1 aromatic carbocycles. The molecule has 4 nitrogen and oxygen atoms in total. The van der Waals surface area contributed by atoms with Crippen molar-refractivity contribution in [1.29, 1.82) is 0 Å². The summed E-state index contributed by atoms with van der Waals surface area (Å²) in [6.07, 6.45) is 2.78. The lowest BCUT2D eigenvalue weighted by atomic mass is 10.1. The number of piperazine rings is 1. The largest absolute Gasteiger partial charge is 0.399 e. The van der Waals surface area contributed by atoms with Gasteiger partial charge in [-0.3, -0.25) is 9.69 Å². The van der Waals surface area contributed by atoms with Gasteiger partial charge in [-0.05, 0) is 49.9 Å². The van der Waals surface area contributed by atoms with Crippen LogP contribution in [0.2, 0.25) is 0 Å². The molecule has 0 spiro atoms. The number of rotatable bonds is 3. The third kappa shape index (κ3) is 2.96. The van der Waals surface area contributed by atoms with Crippen molar-refractivity contribution in [2.24, 2.45) is 5.92 Å². The maximum Gasteiger partial charge on any atom is 0.254 e. The smallest absolute Gasteiger partial charge is 0.254 e. The van der Waals surface area contributed by atoms with E-state index in [-0.39, 0.29) is 11.9 Å². The lowest BCUT2D eigenvalue weighted by Gasteiger charge is -2.40. The summed E-state index contributed by atoms with van der Waals surface area (Å²) in [5.74, 6) is 1.05. The summed E-state index contributed by atoms with van der Waals surface area (Å²) in [4.78, 5) is 17.0. The van der Waals surface area contributed by atoms with Gasteiger partial charge in [-0.2, -0.15) is 0 Å². The summed E-state index contributed by atoms with van der Waals surface area (Å²) in [7, 11) is 0. The number of nitrogens with two attached hydrogens (primary N) is 1. The van der Waals surface area contributed by atoms with Crippen molar-refractivity contribution in [2.45, 2.75) is 25.8 Å². The molecule has 0 bridgehead atoms.